The molecule has 1 aliphatic heterocycles. The number of carbonyl (C=O) groups excluding carboxylic acids is 2. The van der Waals surface area contributed by atoms with E-state index in [2.05, 4.69) is 15.3 Å². The van der Waals surface area contributed by atoms with Gasteiger partial charge in [-0.05, 0) is 73.4 Å². The zero-order valence-corrected chi connectivity index (χ0v) is 24.4. The monoisotopic (exact) mass is 626 g/mol. The average Bonchev–Trinajstić information content (AvgIpc) is 3.52. The fraction of sp³-hybridized carbons (Fsp3) is 0.281. The third-order valence-corrected chi connectivity index (χ3v) is 7.60. The molecule has 1 aromatic heterocycles. The molecule has 0 saturated carbocycles. The number of halogens is 4. The predicted molar refractivity (Wildman–Crippen MR) is 161 cm³/mol. The van der Waals surface area contributed by atoms with Gasteiger partial charge in [0.05, 0.1) is 53.5 Å². The lowest BCUT2D eigenvalue weighted by Gasteiger charge is -2.29. The third kappa shape index (κ3) is 7.29. The van der Waals surface area contributed by atoms with Gasteiger partial charge >= 0.3 is 6.18 Å². The average molecular weight is 627 g/mol. The highest BCUT2D eigenvalue weighted by atomic mass is 35.5. The van der Waals surface area contributed by atoms with Crippen molar-refractivity contribution in [3.05, 3.63) is 106 Å². The van der Waals surface area contributed by atoms with Gasteiger partial charge in [-0.1, -0.05) is 23.7 Å². The van der Waals surface area contributed by atoms with Gasteiger partial charge in [0, 0.05) is 36.1 Å². The lowest BCUT2D eigenvalue weighted by Crippen LogP contribution is -2.29. The zero-order valence-electron chi connectivity index (χ0n) is 23.6. The van der Waals surface area contributed by atoms with Gasteiger partial charge in [-0.25, -0.2) is 4.68 Å². The predicted octanol–water partition coefficient (Wildman–Crippen LogP) is 6.53. The molecule has 8 nitrogen and oxygen atoms in total. The molecule has 0 spiro atoms. The summed E-state index contributed by atoms with van der Waals surface area (Å²) < 4.78 is 46.8. The molecular formula is C32H30ClF3N4O4. The summed E-state index contributed by atoms with van der Waals surface area (Å²) in [5.41, 5.74) is 1.62. The van der Waals surface area contributed by atoms with Crippen LogP contribution in [0.25, 0.3) is 5.69 Å². The molecule has 0 bridgehead atoms. The van der Waals surface area contributed by atoms with E-state index in [1.54, 1.807) is 36.4 Å². The second kappa shape index (κ2) is 13.6. The topological polar surface area (TPSA) is 96.7 Å². The number of aliphatic hydroxyl groups is 1. The number of ketones is 1. The first kappa shape index (κ1) is 31.2. The van der Waals surface area contributed by atoms with E-state index in [1.807, 2.05) is 6.07 Å². The summed E-state index contributed by atoms with van der Waals surface area (Å²) in [5.74, 6) is -0.896. The molecule has 1 saturated heterocycles. The van der Waals surface area contributed by atoms with E-state index in [-0.39, 0.29) is 42.3 Å². The first-order valence-corrected chi connectivity index (χ1v) is 14.5. The third-order valence-electron chi connectivity index (χ3n) is 7.28. The second-order valence-electron chi connectivity index (χ2n) is 10.4. The number of benzene rings is 3. The molecule has 5 rings (SSSR count). The number of piperidine rings is 1. The van der Waals surface area contributed by atoms with Crippen LogP contribution < -0.4 is 10.2 Å². The fourth-order valence-electron chi connectivity index (χ4n) is 5.04. The molecule has 230 valence electrons. The number of aliphatic hydroxyl groups excluding tert-OH is 1. The molecule has 2 heterocycles. The van der Waals surface area contributed by atoms with Gasteiger partial charge in [0.15, 0.2) is 5.78 Å². The maximum Gasteiger partial charge on any atom is 0.417 e. The van der Waals surface area contributed by atoms with Crippen LogP contribution in [-0.2, 0) is 17.5 Å². The first-order valence-electron chi connectivity index (χ1n) is 14.1. The number of nitrogens with zero attached hydrogens (tertiary/aromatic N) is 3. The van der Waals surface area contributed by atoms with E-state index in [4.69, 9.17) is 21.4 Å². The lowest BCUT2D eigenvalue weighted by atomic mass is 10.0. The molecule has 0 unspecified atom stereocenters. The van der Waals surface area contributed by atoms with Gasteiger partial charge in [0.1, 0.15) is 0 Å². The van der Waals surface area contributed by atoms with Crippen molar-refractivity contribution in [3.8, 4) is 5.69 Å². The standard InChI is InChI=1S/C32H30ClF3N4O4/c33-28-9-7-25(17-27(28)32(34,35)36)40-19-23(18-37-40)30(42)26-16-24(39-11-2-1-3-12-39)8-10-29(26)38-31(43)22-6-4-5-21(15-22)20-44-14-13-41/h4-10,15-19,41H,1-3,11-14,20H2,(H,38,43). The van der Waals surface area contributed by atoms with Crippen LogP contribution in [0.5, 0.6) is 0 Å². The van der Waals surface area contributed by atoms with Crippen LogP contribution in [0.1, 0.15) is 56.7 Å². The summed E-state index contributed by atoms with van der Waals surface area (Å²) in [6.07, 6.45) is 1.13. The van der Waals surface area contributed by atoms with Gasteiger partial charge in [-0.15, -0.1) is 0 Å². The van der Waals surface area contributed by atoms with Crippen molar-refractivity contribution in [2.24, 2.45) is 0 Å². The number of nitrogens with one attached hydrogen (secondary N) is 1. The van der Waals surface area contributed by atoms with Crippen molar-refractivity contribution in [1.29, 1.82) is 0 Å². The minimum absolute atomic E-state index is 0.0826. The second-order valence-corrected chi connectivity index (χ2v) is 10.8. The summed E-state index contributed by atoms with van der Waals surface area (Å²) >= 11 is 5.77. The van der Waals surface area contributed by atoms with Crippen LogP contribution in [-0.4, -0.2) is 52.9 Å². The molecule has 0 atom stereocenters. The number of hydrogen-bond acceptors (Lipinski definition) is 6. The largest absolute Gasteiger partial charge is 0.417 e. The van der Waals surface area contributed by atoms with E-state index in [0.29, 0.717) is 5.56 Å². The Hall–Kier alpha value is -4.19. The zero-order chi connectivity index (χ0) is 31.3. The van der Waals surface area contributed by atoms with Crippen molar-refractivity contribution < 1.29 is 32.6 Å². The Morgan fingerprint density at radius 3 is 2.50 bits per heavy atom. The highest BCUT2D eigenvalue weighted by Gasteiger charge is 2.33. The maximum absolute atomic E-state index is 13.9. The van der Waals surface area contributed by atoms with E-state index in [1.165, 1.54) is 23.1 Å². The summed E-state index contributed by atoms with van der Waals surface area (Å²) in [4.78, 5) is 29.4. The number of hydrogen-bond donors (Lipinski definition) is 2. The Labute approximate surface area is 257 Å². The molecule has 1 fully saturated rings. The number of rotatable bonds is 10. The Kier molecular flexibility index (Phi) is 9.68. The van der Waals surface area contributed by atoms with E-state index in [0.717, 1.165) is 55.7 Å². The van der Waals surface area contributed by atoms with Crippen molar-refractivity contribution in [1.82, 2.24) is 9.78 Å². The highest BCUT2D eigenvalue weighted by molar-refractivity contribution is 6.31. The quantitative estimate of drug-likeness (QED) is 0.154. The van der Waals surface area contributed by atoms with Crippen molar-refractivity contribution in [3.63, 3.8) is 0 Å². The summed E-state index contributed by atoms with van der Waals surface area (Å²) in [6.45, 7) is 1.94. The number of amides is 1. The summed E-state index contributed by atoms with van der Waals surface area (Å²) in [5, 5.41) is 15.5. The van der Waals surface area contributed by atoms with Gasteiger partial charge in [0.25, 0.3) is 5.91 Å². The number of ether oxygens (including phenoxy) is 1. The first-order chi connectivity index (χ1) is 21.1. The highest BCUT2D eigenvalue weighted by Crippen LogP contribution is 2.36. The summed E-state index contributed by atoms with van der Waals surface area (Å²) in [7, 11) is 0. The molecule has 0 radical (unpaired) electrons. The molecule has 1 aliphatic rings. The van der Waals surface area contributed by atoms with Crippen LogP contribution in [0.4, 0.5) is 24.5 Å². The van der Waals surface area contributed by atoms with Gasteiger partial charge < -0.3 is 20.1 Å². The Morgan fingerprint density at radius 1 is 0.977 bits per heavy atom. The number of anilines is 2. The molecule has 12 heteroatoms. The SMILES string of the molecule is O=C(Nc1ccc(N2CCCCC2)cc1C(=O)c1cnn(-c2ccc(Cl)c(C(F)(F)F)c2)c1)c1cccc(COCCO)c1. The Morgan fingerprint density at radius 2 is 1.75 bits per heavy atom. The van der Waals surface area contributed by atoms with Crippen LogP contribution in [0.15, 0.2) is 73.1 Å². The molecule has 1 amide bonds. The lowest BCUT2D eigenvalue weighted by molar-refractivity contribution is -0.137. The smallest absolute Gasteiger partial charge is 0.394 e. The molecule has 2 N–H and O–H groups in total. The minimum Gasteiger partial charge on any atom is -0.394 e. The Bertz CT molecular complexity index is 1650. The maximum atomic E-state index is 13.9. The van der Waals surface area contributed by atoms with E-state index < -0.39 is 28.5 Å². The van der Waals surface area contributed by atoms with Crippen molar-refractivity contribution in [2.75, 3.05) is 36.5 Å². The van der Waals surface area contributed by atoms with Gasteiger partial charge in [0.2, 0.25) is 0 Å². The van der Waals surface area contributed by atoms with E-state index >= 15 is 0 Å². The van der Waals surface area contributed by atoms with Crippen LogP contribution >= 0.6 is 11.6 Å². The van der Waals surface area contributed by atoms with Gasteiger partial charge in [-0.2, -0.15) is 18.3 Å². The summed E-state index contributed by atoms with van der Waals surface area (Å²) in [6, 6.07) is 15.5. The van der Waals surface area contributed by atoms with Crippen LogP contribution in [0.3, 0.4) is 0 Å². The number of aromatic nitrogens is 2. The van der Waals surface area contributed by atoms with Gasteiger partial charge in [-0.3, -0.25) is 9.59 Å². The molecule has 3 aromatic carbocycles. The minimum atomic E-state index is -4.66. The number of carbonyl (C=O) groups is 2. The number of alkyl halides is 3. The Balaban J connectivity index is 1.45. The molecule has 4 aromatic rings. The van der Waals surface area contributed by atoms with Crippen molar-refractivity contribution in [2.45, 2.75) is 32.0 Å². The van der Waals surface area contributed by atoms with Crippen LogP contribution in [0.2, 0.25) is 5.02 Å². The van der Waals surface area contributed by atoms with Crippen LogP contribution in [0, 0.1) is 0 Å². The molecule has 44 heavy (non-hydrogen) atoms. The molecule has 0 aliphatic carbocycles. The normalized spacial score (nSPS) is 13.6. The fourth-order valence-corrected chi connectivity index (χ4v) is 5.26. The van der Waals surface area contributed by atoms with E-state index in [9.17, 15) is 22.8 Å². The molecular weight excluding hydrogens is 597 g/mol. The van der Waals surface area contributed by atoms with Crippen molar-refractivity contribution >= 4 is 34.7 Å².